The minimum Gasteiger partial charge on any atom is -0.381 e. The summed E-state index contributed by atoms with van der Waals surface area (Å²) in [6.45, 7) is 0.236. The number of fused-ring (bicyclic) bond motifs is 1. The molecular weight excluding hydrogens is 322 g/mol. The molecule has 5 heteroatoms. The lowest BCUT2D eigenvalue weighted by Gasteiger charge is -2.38. The summed E-state index contributed by atoms with van der Waals surface area (Å²) in [5, 5.41) is 21.0. The van der Waals surface area contributed by atoms with Gasteiger partial charge in [0.1, 0.15) is 17.4 Å². The second-order valence-corrected chi connectivity index (χ2v) is 7.38. The zero-order chi connectivity index (χ0) is 16.8. The van der Waals surface area contributed by atoms with Crippen molar-refractivity contribution in [2.75, 3.05) is 0 Å². The molecule has 0 spiro atoms. The van der Waals surface area contributed by atoms with Crippen LogP contribution in [-0.2, 0) is 13.0 Å². The quantitative estimate of drug-likeness (QED) is 0.869. The van der Waals surface area contributed by atoms with E-state index in [1.165, 1.54) is 11.8 Å². The fraction of sp³-hybridized carbons (Fsp3) is 0.368. The van der Waals surface area contributed by atoms with E-state index in [0.717, 1.165) is 36.8 Å². The number of halogens is 1. The zero-order valence-electron chi connectivity index (χ0n) is 13.2. The molecule has 4 nitrogen and oxygen atoms in total. The molecule has 1 aromatic heterocycles. The average molecular weight is 340 g/mol. The number of nitriles is 1. The van der Waals surface area contributed by atoms with Gasteiger partial charge in [-0.3, -0.25) is 0 Å². The normalized spacial score (nSPS) is 20.5. The molecule has 1 N–H and O–H groups in total. The number of allylic oxidation sites excluding steroid dienone is 1. The number of aromatic nitrogens is 2. The Morgan fingerprint density at radius 3 is 2.92 bits per heavy atom. The number of hydrogen-bond acceptors (Lipinski definition) is 3. The third-order valence-corrected chi connectivity index (χ3v) is 5.86. The third-order valence-electron chi connectivity index (χ3n) is 5.17. The molecule has 122 valence electrons. The van der Waals surface area contributed by atoms with Crippen molar-refractivity contribution in [3.8, 4) is 6.07 Å². The summed E-state index contributed by atoms with van der Waals surface area (Å²) >= 11 is 6.76. The first-order chi connectivity index (χ1) is 11.6. The lowest BCUT2D eigenvalue weighted by molar-refractivity contribution is 0.0691. The predicted molar refractivity (Wildman–Crippen MR) is 92.4 cm³/mol. The minimum absolute atomic E-state index is 0.236. The molecule has 2 aromatic rings. The van der Waals surface area contributed by atoms with Gasteiger partial charge in [0.15, 0.2) is 0 Å². The molecule has 4 rings (SSSR count). The number of aryl methyl sites for hydroxylation is 1. The molecule has 1 unspecified atom stereocenters. The van der Waals surface area contributed by atoms with Gasteiger partial charge in [-0.15, -0.1) is 11.6 Å². The number of imidazole rings is 1. The standard InChI is InChI=1S/C19H18ClN3O/c20-18(8-9-18)19(24,12-23-13-22-11-15(23)10-21)17-7-3-5-14-4-1-2-6-16(14)17/h1-2,4,6-7,11,13,24H,3,5,8-9,12H2. The largest absolute Gasteiger partial charge is 0.381 e. The van der Waals surface area contributed by atoms with E-state index in [9.17, 15) is 10.4 Å². The Bertz CT molecular complexity index is 859. The summed E-state index contributed by atoms with van der Waals surface area (Å²) in [6.07, 6.45) is 8.59. The van der Waals surface area contributed by atoms with E-state index in [2.05, 4.69) is 23.2 Å². The molecular formula is C19H18ClN3O. The smallest absolute Gasteiger partial charge is 0.140 e. The van der Waals surface area contributed by atoms with E-state index >= 15 is 0 Å². The van der Waals surface area contributed by atoms with Gasteiger partial charge in [0.2, 0.25) is 0 Å². The molecule has 0 amide bonds. The van der Waals surface area contributed by atoms with Crippen LogP contribution >= 0.6 is 11.6 Å². The third kappa shape index (κ3) is 2.28. The van der Waals surface area contributed by atoms with Gasteiger partial charge in [0.25, 0.3) is 0 Å². The van der Waals surface area contributed by atoms with Crippen LogP contribution in [0.15, 0.2) is 42.9 Å². The topological polar surface area (TPSA) is 61.8 Å². The Hall–Kier alpha value is -2.09. The summed E-state index contributed by atoms with van der Waals surface area (Å²) in [5.41, 5.74) is 2.39. The van der Waals surface area contributed by atoms with Crippen molar-refractivity contribution in [2.24, 2.45) is 0 Å². The predicted octanol–water partition coefficient (Wildman–Crippen LogP) is 3.29. The first-order valence-electron chi connectivity index (χ1n) is 8.18. The van der Waals surface area contributed by atoms with E-state index in [1.807, 2.05) is 18.2 Å². The Labute approximate surface area is 146 Å². The summed E-state index contributed by atoms with van der Waals surface area (Å²) in [6, 6.07) is 10.3. The average Bonchev–Trinajstić information content (AvgIpc) is 3.21. The number of benzene rings is 1. The summed E-state index contributed by atoms with van der Waals surface area (Å²) < 4.78 is 1.69. The van der Waals surface area contributed by atoms with Crippen LogP contribution in [0.1, 0.15) is 36.1 Å². The van der Waals surface area contributed by atoms with Crippen LogP contribution in [0.5, 0.6) is 0 Å². The number of hydrogen-bond donors (Lipinski definition) is 1. The van der Waals surface area contributed by atoms with Crippen LogP contribution in [0.4, 0.5) is 0 Å². The first kappa shape index (κ1) is 15.4. The van der Waals surface area contributed by atoms with E-state index in [0.29, 0.717) is 5.69 Å². The molecule has 1 heterocycles. The minimum atomic E-state index is -1.22. The van der Waals surface area contributed by atoms with Crippen LogP contribution in [0, 0.1) is 11.3 Å². The molecule has 0 aliphatic heterocycles. The fourth-order valence-electron chi connectivity index (χ4n) is 3.65. The van der Waals surface area contributed by atoms with Crippen LogP contribution in [0.25, 0.3) is 5.57 Å². The Balaban J connectivity index is 1.81. The van der Waals surface area contributed by atoms with Crippen molar-refractivity contribution in [3.05, 3.63) is 59.7 Å². The van der Waals surface area contributed by atoms with Crippen molar-refractivity contribution in [1.29, 1.82) is 5.26 Å². The molecule has 0 radical (unpaired) electrons. The molecule has 1 atom stereocenters. The van der Waals surface area contributed by atoms with Crippen LogP contribution in [0.3, 0.4) is 0 Å². The SMILES string of the molecule is N#Cc1cncn1CC(O)(C1=CCCc2ccccc21)C1(Cl)CC1. The number of nitrogens with zero attached hydrogens (tertiary/aromatic N) is 3. The van der Waals surface area contributed by atoms with Crippen LogP contribution in [0.2, 0.25) is 0 Å². The van der Waals surface area contributed by atoms with Gasteiger partial charge in [0.05, 0.1) is 23.9 Å². The van der Waals surface area contributed by atoms with E-state index < -0.39 is 10.5 Å². The molecule has 1 aromatic carbocycles. The number of aliphatic hydroxyl groups is 1. The fourth-order valence-corrected chi connectivity index (χ4v) is 3.91. The van der Waals surface area contributed by atoms with Crippen molar-refractivity contribution in [3.63, 3.8) is 0 Å². The second-order valence-electron chi connectivity index (χ2n) is 6.66. The van der Waals surface area contributed by atoms with Gasteiger partial charge in [-0.05, 0) is 42.4 Å². The second kappa shape index (κ2) is 5.47. The van der Waals surface area contributed by atoms with Gasteiger partial charge < -0.3 is 9.67 Å². The van der Waals surface area contributed by atoms with Gasteiger partial charge >= 0.3 is 0 Å². The van der Waals surface area contributed by atoms with E-state index in [4.69, 9.17) is 11.6 Å². The Morgan fingerprint density at radius 2 is 2.17 bits per heavy atom. The molecule has 0 saturated heterocycles. The molecule has 1 fully saturated rings. The highest BCUT2D eigenvalue weighted by Crippen LogP contribution is 2.57. The number of alkyl halides is 1. The highest BCUT2D eigenvalue weighted by atomic mass is 35.5. The van der Waals surface area contributed by atoms with Crippen molar-refractivity contribution < 1.29 is 5.11 Å². The van der Waals surface area contributed by atoms with E-state index in [-0.39, 0.29) is 6.54 Å². The maximum Gasteiger partial charge on any atom is 0.140 e. The molecule has 24 heavy (non-hydrogen) atoms. The van der Waals surface area contributed by atoms with E-state index in [1.54, 1.807) is 10.9 Å². The van der Waals surface area contributed by atoms with Gasteiger partial charge in [-0.1, -0.05) is 30.3 Å². The Kier molecular flexibility index (Phi) is 3.52. The highest BCUT2D eigenvalue weighted by Gasteiger charge is 2.60. The monoisotopic (exact) mass is 339 g/mol. The maximum atomic E-state index is 11.7. The van der Waals surface area contributed by atoms with Crippen molar-refractivity contribution in [2.45, 2.75) is 42.7 Å². The first-order valence-corrected chi connectivity index (χ1v) is 8.56. The maximum absolute atomic E-state index is 11.7. The highest BCUT2D eigenvalue weighted by molar-refractivity contribution is 6.27. The summed E-state index contributed by atoms with van der Waals surface area (Å²) in [4.78, 5) is 3.36. The lowest BCUT2D eigenvalue weighted by Crippen LogP contribution is -2.46. The van der Waals surface area contributed by atoms with Gasteiger partial charge in [-0.25, -0.2) is 4.98 Å². The van der Waals surface area contributed by atoms with Crippen LogP contribution in [-0.4, -0.2) is 25.1 Å². The molecule has 2 aliphatic carbocycles. The summed E-state index contributed by atoms with van der Waals surface area (Å²) in [5.74, 6) is 0. The molecule has 1 saturated carbocycles. The van der Waals surface area contributed by atoms with Crippen molar-refractivity contribution in [1.82, 2.24) is 9.55 Å². The molecule has 2 aliphatic rings. The summed E-state index contributed by atoms with van der Waals surface area (Å²) in [7, 11) is 0. The molecule has 0 bridgehead atoms. The van der Waals surface area contributed by atoms with Crippen LogP contribution < -0.4 is 0 Å². The Morgan fingerprint density at radius 1 is 1.38 bits per heavy atom. The van der Waals surface area contributed by atoms with Crippen molar-refractivity contribution >= 4 is 17.2 Å². The lowest BCUT2D eigenvalue weighted by atomic mass is 9.78. The van der Waals surface area contributed by atoms with Gasteiger partial charge in [0, 0.05) is 0 Å². The number of rotatable bonds is 4. The zero-order valence-corrected chi connectivity index (χ0v) is 14.0. The van der Waals surface area contributed by atoms with Gasteiger partial charge in [-0.2, -0.15) is 5.26 Å².